The predicted octanol–water partition coefficient (Wildman–Crippen LogP) is 10.5. The number of aromatic nitrogens is 4. The molecule has 0 aliphatic rings. The van der Waals surface area contributed by atoms with Crippen LogP contribution in [0.5, 0.6) is 5.75 Å². The van der Waals surface area contributed by atoms with Crippen molar-refractivity contribution in [1.29, 1.82) is 0 Å². The van der Waals surface area contributed by atoms with E-state index < -0.39 is 37.1 Å². The Morgan fingerprint density at radius 2 is 1.52 bits per heavy atom. The number of hydrogen-bond donors (Lipinski definition) is 1. The van der Waals surface area contributed by atoms with Crippen LogP contribution in [0.15, 0.2) is 88.5 Å². The third-order valence-electron chi connectivity index (χ3n) is 8.77. The third-order valence-corrected chi connectivity index (χ3v) is 8.77. The Hall–Kier alpha value is -5.97. The van der Waals surface area contributed by atoms with Gasteiger partial charge in [-0.05, 0) is 103 Å². The molecule has 0 fully saturated rings. The van der Waals surface area contributed by atoms with Crippen LogP contribution < -0.4 is 25.1 Å². The van der Waals surface area contributed by atoms with Crippen molar-refractivity contribution in [3.8, 4) is 5.75 Å². The second-order valence-electron chi connectivity index (χ2n) is 16.7. The minimum atomic E-state index is -10.7. The van der Waals surface area contributed by atoms with Crippen molar-refractivity contribution in [3.05, 3.63) is 112 Å². The Morgan fingerprint density at radius 1 is 0.891 bits per heavy atom. The van der Waals surface area contributed by atoms with Gasteiger partial charge >= 0.3 is 50.7 Å². The van der Waals surface area contributed by atoms with E-state index in [1.807, 2.05) is 67.1 Å². The molecule has 0 aliphatic heterocycles. The number of ether oxygens (including phenoxy) is 3. The molecule has 1 amide bonds. The second kappa shape index (κ2) is 19.8. The summed E-state index contributed by atoms with van der Waals surface area (Å²) in [4.78, 5) is 40.3. The monoisotopic (exact) mass is 924 g/mol. The van der Waals surface area contributed by atoms with Gasteiger partial charge in [-0.1, -0.05) is 23.4 Å². The Balaban J connectivity index is 0.00000118. The number of pyridine rings is 1. The molecule has 3 aromatic heterocycles. The molecule has 0 bridgehead atoms. The molecular formula is C44H55F6N6O7P. The number of hydrogen-bond acceptors (Lipinski definition) is 10. The Morgan fingerprint density at radius 3 is 2.11 bits per heavy atom. The second-order valence-corrected chi connectivity index (χ2v) is 18.7. The number of carbonyl (C=O) groups excluding carboxylic acids is 2. The summed E-state index contributed by atoms with van der Waals surface area (Å²) in [5, 5.41) is 12.0. The number of nitrogens with one attached hydrogen (secondary N) is 1. The number of halogens is 6. The van der Waals surface area contributed by atoms with E-state index in [2.05, 4.69) is 45.0 Å². The standard InChI is InChI=1S/C44H54N6O7.F6P/c1-9-49(10-2)36-17-16-33-27-34(40(51)55-39(33)28-36)15-12-31-20-24-48(25-21-31)22-11-23-50-29-35(46-47-50)30-54-37-18-13-32(14-19-37)26-38(41(52)56-43(3,4)5)45-42(53)57-44(6,7)8;1-7(2,3,4,5)6/h12-21,24-25,27-29,38H,9-11,22-23,26,30H2,1-8H3;/q;-1/p+1. The number of aryl methyl sites for hydroxylation is 2. The molecular weight excluding hydrogens is 869 g/mol. The average molecular weight is 925 g/mol. The zero-order valence-electron chi connectivity index (χ0n) is 37.0. The maximum absolute atomic E-state index is 12.9. The van der Waals surface area contributed by atoms with E-state index in [1.54, 1.807) is 64.4 Å². The molecule has 1 N–H and O–H groups in total. The summed E-state index contributed by atoms with van der Waals surface area (Å²) in [6, 6.07) is 18.2. The van der Waals surface area contributed by atoms with Crippen molar-refractivity contribution in [3.63, 3.8) is 0 Å². The third kappa shape index (κ3) is 19.2. The molecule has 0 saturated carbocycles. The summed E-state index contributed by atoms with van der Waals surface area (Å²) >= 11 is 0. The van der Waals surface area contributed by atoms with E-state index in [-0.39, 0.29) is 18.7 Å². The summed E-state index contributed by atoms with van der Waals surface area (Å²) in [6.45, 7) is 18.3. The van der Waals surface area contributed by atoms with Gasteiger partial charge in [0.2, 0.25) is 0 Å². The van der Waals surface area contributed by atoms with Gasteiger partial charge in [0.05, 0.1) is 11.8 Å². The van der Waals surface area contributed by atoms with Gasteiger partial charge < -0.3 is 28.8 Å². The number of esters is 1. The molecule has 350 valence electrons. The van der Waals surface area contributed by atoms with E-state index in [4.69, 9.17) is 18.6 Å². The quantitative estimate of drug-likeness (QED) is 0.0334. The molecule has 3 heterocycles. The van der Waals surface area contributed by atoms with Crippen molar-refractivity contribution in [2.45, 2.75) is 105 Å². The van der Waals surface area contributed by atoms with Crippen molar-refractivity contribution in [1.82, 2.24) is 20.3 Å². The zero-order chi connectivity index (χ0) is 47.6. The number of rotatable bonds is 16. The van der Waals surface area contributed by atoms with E-state index in [0.29, 0.717) is 29.1 Å². The summed E-state index contributed by atoms with van der Waals surface area (Å²) < 4.78 is 85.6. The normalized spacial score (nSPS) is 13.6. The number of benzene rings is 2. The molecule has 1 atom stereocenters. The number of carbonyl (C=O) groups is 2. The number of nitrogens with zero attached hydrogens (tertiary/aromatic N) is 5. The van der Waals surface area contributed by atoms with Gasteiger partial charge in [0.1, 0.15) is 47.4 Å². The molecule has 13 nitrogen and oxygen atoms in total. The number of fused-ring (bicyclic) bond motifs is 1. The van der Waals surface area contributed by atoms with Crippen molar-refractivity contribution >= 4 is 48.7 Å². The molecule has 20 heteroatoms. The first-order valence-electron chi connectivity index (χ1n) is 20.4. The van der Waals surface area contributed by atoms with Gasteiger partial charge in [0, 0.05) is 61.7 Å². The van der Waals surface area contributed by atoms with Crippen LogP contribution in [0, 0.1) is 0 Å². The molecule has 2 aromatic carbocycles. The van der Waals surface area contributed by atoms with Crippen LogP contribution in [0.3, 0.4) is 0 Å². The van der Waals surface area contributed by atoms with Crippen LogP contribution in [0.25, 0.3) is 23.1 Å². The topological polar surface area (TPSA) is 142 Å². The first-order valence-corrected chi connectivity index (χ1v) is 22.4. The molecule has 0 aliphatic carbocycles. The van der Waals surface area contributed by atoms with Crippen molar-refractivity contribution in [2.75, 3.05) is 18.0 Å². The Labute approximate surface area is 367 Å². The van der Waals surface area contributed by atoms with Crippen molar-refractivity contribution in [2.24, 2.45) is 0 Å². The molecule has 0 radical (unpaired) electrons. The van der Waals surface area contributed by atoms with Gasteiger partial charge in [-0.25, -0.2) is 19.0 Å². The van der Waals surface area contributed by atoms with E-state index >= 15 is 0 Å². The Bertz CT molecular complexity index is 2430. The first-order chi connectivity index (χ1) is 29.5. The number of alkyl carbamates (subject to hydrolysis) is 1. The van der Waals surface area contributed by atoms with Crippen molar-refractivity contribution < 1.29 is 58.0 Å². The van der Waals surface area contributed by atoms with Gasteiger partial charge in [0.15, 0.2) is 12.4 Å². The summed E-state index contributed by atoms with van der Waals surface area (Å²) in [5.74, 6) is 0.0824. The first kappa shape index (κ1) is 50.7. The minimum absolute atomic E-state index is 0.215. The average Bonchev–Trinajstić information content (AvgIpc) is 3.62. The van der Waals surface area contributed by atoms with Crippen LogP contribution in [0.4, 0.5) is 35.7 Å². The summed E-state index contributed by atoms with van der Waals surface area (Å²) in [6.07, 6.45) is 9.96. The summed E-state index contributed by atoms with van der Waals surface area (Å²) in [7, 11) is -10.7. The van der Waals surface area contributed by atoms with E-state index in [0.717, 1.165) is 48.3 Å². The molecule has 0 spiro atoms. The fourth-order valence-corrected chi connectivity index (χ4v) is 5.99. The van der Waals surface area contributed by atoms with Crippen LogP contribution in [-0.2, 0) is 40.4 Å². The number of amides is 1. The fourth-order valence-electron chi connectivity index (χ4n) is 5.99. The SMILES string of the molecule is CCN(CC)c1ccc2cc(/C=C/c3cc[n+](CCCn4cc(COc5ccc(CC(NC(=O)OC(C)(C)C)C(=O)OC(C)(C)C)cc5)nn4)cc3)c(=O)oc2c1.F[P-](F)(F)(F)(F)F. The predicted molar refractivity (Wildman–Crippen MR) is 233 cm³/mol. The molecule has 1 unspecified atom stereocenters. The van der Waals surface area contributed by atoms with Crippen LogP contribution >= 0.6 is 7.81 Å². The van der Waals surface area contributed by atoms with Gasteiger partial charge in [-0.2, -0.15) is 0 Å². The maximum atomic E-state index is 12.9. The van der Waals surface area contributed by atoms with E-state index in [1.165, 1.54) is 0 Å². The number of anilines is 1. The van der Waals surface area contributed by atoms with Crippen LogP contribution in [-0.4, -0.2) is 57.4 Å². The molecule has 0 saturated heterocycles. The van der Waals surface area contributed by atoms with Crippen LogP contribution in [0.2, 0.25) is 0 Å². The van der Waals surface area contributed by atoms with E-state index in [9.17, 15) is 39.6 Å². The van der Waals surface area contributed by atoms with Gasteiger partial charge in [-0.15, -0.1) is 5.10 Å². The van der Waals surface area contributed by atoms with Gasteiger partial charge in [-0.3, -0.25) is 4.68 Å². The molecule has 5 rings (SSSR count). The molecule has 5 aromatic rings. The fraction of sp³-hybridized carbons (Fsp3) is 0.409. The zero-order valence-corrected chi connectivity index (χ0v) is 37.9. The van der Waals surface area contributed by atoms with Crippen LogP contribution in [0.1, 0.15) is 84.2 Å². The summed E-state index contributed by atoms with van der Waals surface area (Å²) in [5.41, 5.74) is 2.81. The molecule has 64 heavy (non-hydrogen) atoms. The van der Waals surface area contributed by atoms with Gasteiger partial charge in [0.25, 0.3) is 0 Å². The Kier molecular flexibility index (Phi) is 15.7.